The van der Waals surface area contributed by atoms with Crippen molar-refractivity contribution in [2.45, 2.75) is 32.6 Å². The molecule has 0 bridgehead atoms. The van der Waals surface area contributed by atoms with Crippen molar-refractivity contribution in [1.29, 1.82) is 0 Å². The number of aryl methyl sites for hydroxylation is 2. The van der Waals surface area contributed by atoms with Gasteiger partial charge in [0, 0.05) is 24.1 Å². The summed E-state index contributed by atoms with van der Waals surface area (Å²) in [4.78, 5) is 16.4. The Bertz CT molecular complexity index is 1020. The van der Waals surface area contributed by atoms with Crippen molar-refractivity contribution < 1.29 is 23.6 Å². The Kier molecular flexibility index (Phi) is 7.00. The molecule has 0 aliphatic rings. The first-order valence-corrected chi connectivity index (χ1v) is 9.72. The summed E-state index contributed by atoms with van der Waals surface area (Å²) in [6.07, 6.45) is 3.16. The number of phenolic OH excluding ortho intramolecular Hbond substituents is 1. The molecule has 158 valence electrons. The predicted molar refractivity (Wildman–Crippen MR) is 109 cm³/mol. The Morgan fingerprint density at radius 3 is 2.80 bits per heavy atom. The van der Waals surface area contributed by atoms with E-state index in [0.29, 0.717) is 47.1 Å². The zero-order valence-electron chi connectivity index (χ0n) is 16.9. The van der Waals surface area contributed by atoms with Crippen LogP contribution in [0.2, 0.25) is 0 Å². The maximum atomic E-state index is 13.3. The number of carbonyl (C=O) groups excluding carboxylic acids is 1. The Morgan fingerprint density at radius 1 is 1.20 bits per heavy atom. The molecule has 0 spiro atoms. The number of rotatable bonds is 9. The lowest BCUT2D eigenvalue weighted by Gasteiger charge is -2.06. The van der Waals surface area contributed by atoms with Crippen LogP contribution < -0.4 is 10.1 Å². The molecule has 1 heterocycles. The molecule has 0 aliphatic carbocycles. The topological polar surface area (TPSA) is 97.5 Å². The number of hydrogen-bond acceptors (Lipinski definition) is 6. The molecule has 2 N–H and O–H groups in total. The van der Waals surface area contributed by atoms with Crippen LogP contribution in [0.1, 0.15) is 41.1 Å². The van der Waals surface area contributed by atoms with Gasteiger partial charge in [0.1, 0.15) is 5.82 Å². The smallest absolute Gasteiger partial charge is 0.251 e. The normalized spacial score (nSPS) is 10.8. The Labute approximate surface area is 173 Å². The van der Waals surface area contributed by atoms with Gasteiger partial charge in [-0.15, -0.1) is 0 Å². The third-order valence-electron chi connectivity index (χ3n) is 4.68. The van der Waals surface area contributed by atoms with E-state index in [1.165, 1.54) is 25.3 Å². The van der Waals surface area contributed by atoms with E-state index in [2.05, 4.69) is 15.5 Å². The molecule has 2 aromatic carbocycles. The summed E-state index contributed by atoms with van der Waals surface area (Å²) in [5.41, 5.74) is 1.60. The maximum absolute atomic E-state index is 13.3. The molecule has 7 nitrogen and oxygen atoms in total. The number of unbranched alkanes of at least 4 members (excludes halogenated alkanes) is 2. The van der Waals surface area contributed by atoms with Gasteiger partial charge in [-0.2, -0.15) is 4.98 Å². The van der Waals surface area contributed by atoms with Crippen molar-refractivity contribution >= 4 is 5.91 Å². The van der Waals surface area contributed by atoms with E-state index in [1.807, 2.05) is 0 Å². The standard InChI is InChI=1S/C22H24FN3O4/c1-14-12-16(7-9-17(14)23)22(28)24-11-5-3-4-6-20-25-21(26-30-20)15-8-10-18(27)19(13-15)29-2/h7-10,12-13,27H,3-6,11H2,1-2H3,(H,24,28). The Balaban J connectivity index is 1.40. The number of ether oxygens (including phenoxy) is 1. The molecular formula is C22H24FN3O4. The number of benzene rings is 2. The average Bonchev–Trinajstić information content (AvgIpc) is 3.21. The van der Waals surface area contributed by atoms with Gasteiger partial charge in [-0.05, 0) is 61.7 Å². The van der Waals surface area contributed by atoms with E-state index in [9.17, 15) is 14.3 Å². The van der Waals surface area contributed by atoms with Crippen LogP contribution in [0.4, 0.5) is 4.39 Å². The van der Waals surface area contributed by atoms with Crippen molar-refractivity contribution in [3.05, 3.63) is 59.2 Å². The van der Waals surface area contributed by atoms with Crippen LogP contribution in [0, 0.1) is 12.7 Å². The summed E-state index contributed by atoms with van der Waals surface area (Å²) in [6, 6.07) is 9.19. The fourth-order valence-corrected chi connectivity index (χ4v) is 2.96. The second kappa shape index (κ2) is 9.87. The van der Waals surface area contributed by atoms with Crippen molar-refractivity contribution in [2.75, 3.05) is 13.7 Å². The second-order valence-electron chi connectivity index (χ2n) is 6.93. The number of aromatic nitrogens is 2. The first kappa shape index (κ1) is 21.3. The van der Waals surface area contributed by atoms with Crippen LogP contribution in [0.3, 0.4) is 0 Å². The van der Waals surface area contributed by atoms with E-state index in [1.54, 1.807) is 25.1 Å². The number of amides is 1. The molecule has 0 unspecified atom stereocenters. The van der Waals surface area contributed by atoms with Crippen LogP contribution >= 0.6 is 0 Å². The quantitative estimate of drug-likeness (QED) is 0.514. The molecule has 3 aromatic rings. The fourth-order valence-electron chi connectivity index (χ4n) is 2.96. The van der Waals surface area contributed by atoms with Crippen LogP contribution in [0.5, 0.6) is 11.5 Å². The molecule has 0 radical (unpaired) electrons. The number of aromatic hydroxyl groups is 1. The van der Waals surface area contributed by atoms with Crippen molar-refractivity contribution in [2.24, 2.45) is 0 Å². The van der Waals surface area contributed by atoms with Gasteiger partial charge in [-0.25, -0.2) is 4.39 Å². The number of carbonyl (C=O) groups is 1. The highest BCUT2D eigenvalue weighted by atomic mass is 19.1. The van der Waals surface area contributed by atoms with Gasteiger partial charge in [0.25, 0.3) is 5.91 Å². The maximum Gasteiger partial charge on any atom is 0.251 e. The number of hydrogen-bond donors (Lipinski definition) is 2. The predicted octanol–water partition coefficient (Wildman–Crippen LogP) is 4.04. The molecule has 3 rings (SSSR count). The zero-order valence-corrected chi connectivity index (χ0v) is 16.9. The lowest BCUT2D eigenvalue weighted by atomic mass is 10.1. The lowest BCUT2D eigenvalue weighted by molar-refractivity contribution is 0.0952. The Morgan fingerprint density at radius 2 is 2.03 bits per heavy atom. The van der Waals surface area contributed by atoms with E-state index in [-0.39, 0.29) is 17.5 Å². The largest absolute Gasteiger partial charge is 0.504 e. The molecule has 0 aliphatic heterocycles. The second-order valence-corrected chi connectivity index (χ2v) is 6.93. The molecule has 0 saturated carbocycles. The van der Waals surface area contributed by atoms with E-state index < -0.39 is 0 Å². The van der Waals surface area contributed by atoms with Crippen LogP contribution in [0.15, 0.2) is 40.9 Å². The van der Waals surface area contributed by atoms with Gasteiger partial charge in [0.15, 0.2) is 11.5 Å². The summed E-state index contributed by atoms with van der Waals surface area (Å²) in [7, 11) is 1.48. The monoisotopic (exact) mass is 413 g/mol. The SMILES string of the molecule is COc1cc(-c2noc(CCCCCNC(=O)c3ccc(F)c(C)c3)n2)ccc1O. The summed E-state index contributed by atoms with van der Waals surface area (Å²) in [6.45, 7) is 2.17. The Hall–Kier alpha value is -3.42. The molecule has 1 amide bonds. The molecule has 8 heteroatoms. The highest BCUT2D eigenvalue weighted by molar-refractivity contribution is 5.94. The summed E-state index contributed by atoms with van der Waals surface area (Å²) >= 11 is 0. The van der Waals surface area contributed by atoms with Crippen LogP contribution in [-0.4, -0.2) is 34.8 Å². The van der Waals surface area contributed by atoms with Gasteiger partial charge in [0.05, 0.1) is 7.11 Å². The highest BCUT2D eigenvalue weighted by Crippen LogP contribution is 2.30. The van der Waals surface area contributed by atoms with Crippen molar-refractivity contribution in [3.63, 3.8) is 0 Å². The number of nitrogens with one attached hydrogen (secondary N) is 1. The molecule has 0 atom stereocenters. The van der Waals surface area contributed by atoms with Crippen molar-refractivity contribution in [1.82, 2.24) is 15.5 Å². The molecular weight excluding hydrogens is 389 g/mol. The van der Waals surface area contributed by atoms with E-state index >= 15 is 0 Å². The first-order valence-electron chi connectivity index (χ1n) is 9.72. The molecule has 1 aromatic heterocycles. The number of nitrogens with zero attached hydrogens (tertiary/aromatic N) is 2. The van der Waals surface area contributed by atoms with Gasteiger partial charge in [-0.1, -0.05) is 11.6 Å². The number of halogens is 1. The van der Waals surface area contributed by atoms with Gasteiger partial charge >= 0.3 is 0 Å². The fraction of sp³-hybridized carbons (Fsp3) is 0.318. The molecule has 0 saturated heterocycles. The van der Waals surface area contributed by atoms with Crippen molar-refractivity contribution in [3.8, 4) is 22.9 Å². The first-order chi connectivity index (χ1) is 14.5. The minimum atomic E-state index is -0.319. The zero-order chi connectivity index (χ0) is 21.5. The molecule has 0 fully saturated rings. The van der Waals surface area contributed by atoms with E-state index in [4.69, 9.17) is 9.26 Å². The molecule has 30 heavy (non-hydrogen) atoms. The van der Waals surface area contributed by atoms with Gasteiger partial charge in [-0.3, -0.25) is 4.79 Å². The average molecular weight is 413 g/mol. The number of methoxy groups -OCH3 is 1. The third-order valence-corrected chi connectivity index (χ3v) is 4.68. The van der Waals surface area contributed by atoms with Gasteiger partial charge < -0.3 is 19.7 Å². The third kappa shape index (κ3) is 5.34. The minimum Gasteiger partial charge on any atom is -0.504 e. The van der Waals surface area contributed by atoms with Crippen LogP contribution in [0.25, 0.3) is 11.4 Å². The minimum absolute atomic E-state index is 0.0478. The summed E-state index contributed by atoms with van der Waals surface area (Å²) < 4.78 is 23.6. The highest BCUT2D eigenvalue weighted by Gasteiger charge is 2.11. The van der Waals surface area contributed by atoms with Gasteiger partial charge in [0.2, 0.25) is 11.7 Å². The number of phenols is 1. The lowest BCUT2D eigenvalue weighted by Crippen LogP contribution is -2.24. The van der Waals surface area contributed by atoms with Crippen LogP contribution in [-0.2, 0) is 6.42 Å². The summed E-state index contributed by atoms with van der Waals surface area (Å²) in [5, 5.41) is 16.5. The summed E-state index contributed by atoms with van der Waals surface area (Å²) in [5.74, 6) is 0.834. The van der Waals surface area contributed by atoms with E-state index in [0.717, 1.165) is 19.3 Å².